The Labute approximate surface area is 115 Å². The van der Waals surface area contributed by atoms with Crippen molar-refractivity contribution in [3.05, 3.63) is 36.0 Å². The second-order valence-electron chi connectivity index (χ2n) is 5.13. The van der Waals surface area contributed by atoms with Crippen molar-refractivity contribution in [2.24, 2.45) is 0 Å². The molecule has 19 heavy (non-hydrogen) atoms. The lowest BCUT2D eigenvalue weighted by atomic mass is 10.1. The smallest absolute Gasteiger partial charge is 0.0645 e. The van der Waals surface area contributed by atoms with Crippen molar-refractivity contribution in [1.82, 2.24) is 9.88 Å². The average Bonchev–Trinajstić information content (AvgIpc) is 2.79. The molecule has 104 valence electrons. The molecule has 0 atom stereocenters. The van der Waals surface area contributed by atoms with Crippen LogP contribution in [0.5, 0.6) is 0 Å². The van der Waals surface area contributed by atoms with Crippen molar-refractivity contribution in [2.75, 3.05) is 13.2 Å². The van der Waals surface area contributed by atoms with E-state index >= 15 is 0 Å². The Hall–Kier alpha value is -1.32. The molecule has 3 heteroatoms. The summed E-state index contributed by atoms with van der Waals surface area (Å²) in [6.07, 6.45) is 2.14. The molecule has 2 rings (SSSR count). The Morgan fingerprint density at radius 3 is 2.84 bits per heavy atom. The van der Waals surface area contributed by atoms with E-state index in [9.17, 15) is 0 Å². The molecule has 3 nitrogen and oxygen atoms in total. The standard InChI is InChI=1S/C16H24N2O/c1-4-19-10-9-18-8-7-15-6-5-14(11-16(15)18)12-17-13(2)3/h5-8,11,13,17H,4,9-10,12H2,1-3H3. The number of nitrogens with zero attached hydrogens (tertiary/aromatic N) is 1. The summed E-state index contributed by atoms with van der Waals surface area (Å²) in [7, 11) is 0. The van der Waals surface area contributed by atoms with Crippen LogP contribution in [0.15, 0.2) is 30.5 Å². The van der Waals surface area contributed by atoms with Crippen LogP contribution in [0.4, 0.5) is 0 Å². The third-order valence-corrected chi connectivity index (χ3v) is 3.23. The molecule has 0 aliphatic heterocycles. The molecule has 0 unspecified atom stereocenters. The Morgan fingerprint density at radius 1 is 1.26 bits per heavy atom. The third kappa shape index (κ3) is 3.82. The highest BCUT2D eigenvalue weighted by Crippen LogP contribution is 2.17. The number of hydrogen-bond donors (Lipinski definition) is 1. The summed E-state index contributed by atoms with van der Waals surface area (Å²) in [6, 6.07) is 9.35. The zero-order valence-electron chi connectivity index (χ0n) is 12.1. The van der Waals surface area contributed by atoms with Gasteiger partial charge in [-0.05, 0) is 30.0 Å². The monoisotopic (exact) mass is 260 g/mol. The van der Waals surface area contributed by atoms with Crippen LogP contribution < -0.4 is 5.32 Å². The van der Waals surface area contributed by atoms with Gasteiger partial charge in [-0.2, -0.15) is 0 Å². The van der Waals surface area contributed by atoms with E-state index in [1.165, 1.54) is 16.5 Å². The van der Waals surface area contributed by atoms with Gasteiger partial charge in [0.15, 0.2) is 0 Å². The van der Waals surface area contributed by atoms with Gasteiger partial charge in [-0.1, -0.05) is 26.0 Å². The van der Waals surface area contributed by atoms with Gasteiger partial charge >= 0.3 is 0 Å². The van der Waals surface area contributed by atoms with E-state index in [-0.39, 0.29) is 0 Å². The lowest BCUT2D eigenvalue weighted by Crippen LogP contribution is -2.21. The average molecular weight is 260 g/mol. The molecule has 2 aromatic rings. The van der Waals surface area contributed by atoms with Crippen molar-refractivity contribution >= 4 is 10.9 Å². The zero-order chi connectivity index (χ0) is 13.7. The third-order valence-electron chi connectivity index (χ3n) is 3.23. The molecule has 1 N–H and O–H groups in total. The van der Waals surface area contributed by atoms with E-state index in [0.717, 1.165) is 26.3 Å². The predicted molar refractivity (Wildman–Crippen MR) is 80.4 cm³/mol. The number of rotatable bonds is 7. The van der Waals surface area contributed by atoms with Crippen LogP contribution in [-0.4, -0.2) is 23.8 Å². The molecule has 0 amide bonds. The van der Waals surface area contributed by atoms with Gasteiger partial charge in [0.2, 0.25) is 0 Å². The molecule has 0 saturated carbocycles. The van der Waals surface area contributed by atoms with Gasteiger partial charge in [-0.15, -0.1) is 0 Å². The summed E-state index contributed by atoms with van der Waals surface area (Å²) in [5, 5.41) is 4.75. The lowest BCUT2D eigenvalue weighted by Gasteiger charge is -2.10. The van der Waals surface area contributed by atoms with E-state index in [4.69, 9.17) is 4.74 Å². The molecule has 1 aromatic carbocycles. The number of fused-ring (bicyclic) bond motifs is 1. The topological polar surface area (TPSA) is 26.2 Å². The van der Waals surface area contributed by atoms with E-state index < -0.39 is 0 Å². The summed E-state index contributed by atoms with van der Waals surface area (Å²) in [6.45, 7) is 9.76. The molecule has 0 bridgehead atoms. The number of hydrogen-bond acceptors (Lipinski definition) is 2. The minimum Gasteiger partial charge on any atom is -0.380 e. The second kappa shape index (κ2) is 6.73. The molecule has 0 aliphatic rings. The van der Waals surface area contributed by atoms with Crippen LogP contribution in [0.25, 0.3) is 10.9 Å². The van der Waals surface area contributed by atoms with Crippen molar-refractivity contribution in [3.8, 4) is 0 Å². The molecule has 0 spiro atoms. The fourth-order valence-electron chi connectivity index (χ4n) is 2.16. The van der Waals surface area contributed by atoms with Crippen LogP contribution in [0, 0.1) is 0 Å². The largest absolute Gasteiger partial charge is 0.380 e. The molecule has 0 radical (unpaired) electrons. The first-order chi connectivity index (χ1) is 9.20. The first-order valence-electron chi connectivity index (χ1n) is 7.09. The van der Waals surface area contributed by atoms with Crippen LogP contribution in [0.3, 0.4) is 0 Å². The normalized spacial score (nSPS) is 11.6. The maximum Gasteiger partial charge on any atom is 0.0645 e. The Bertz CT molecular complexity index is 516. The van der Waals surface area contributed by atoms with E-state index in [0.29, 0.717) is 6.04 Å². The van der Waals surface area contributed by atoms with Gasteiger partial charge in [0, 0.05) is 37.5 Å². The highest BCUT2D eigenvalue weighted by molar-refractivity contribution is 5.80. The highest BCUT2D eigenvalue weighted by atomic mass is 16.5. The number of nitrogens with one attached hydrogen (secondary N) is 1. The molecule has 0 fully saturated rings. The Balaban J connectivity index is 2.12. The minimum atomic E-state index is 0.514. The van der Waals surface area contributed by atoms with Gasteiger partial charge in [0.1, 0.15) is 0 Å². The summed E-state index contributed by atoms with van der Waals surface area (Å²) in [4.78, 5) is 0. The Kier molecular flexibility index (Phi) is 5.00. The fraction of sp³-hybridized carbons (Fsp3) is 0.500. The number of benzene rings is 1. The van der Waals surface area contributed by atoms with Crippen LogP contribution >= 0.6 is 0 Å². The van der Waals surface area contributed by atoms with Crippen molar-refractivity contribution in [1.29, 1.82) is 0 Å². The molecular formula is C16H24N2O. The first kappa shape index (κ1) is 14.1. The number of ether oxygens (including phenoxy) is 1. The maximum atomic E-state index is 5.43. The lowest BCUT2D eigenvalue weighted by molar-refractivity contribution is 0.140. The minimum absolute atomic E-state index is 0.514. The Morgan fingerprint density at radius 2 is 2.11 bits per heavy atom. The van der Waals surface area contributed by atoms with E-state index in [2.05, 4.69) is 54.2 Å². The highest BCUT2D eigenvalue weighted by Gasteiger charge is 2.03. The molecule has 1 heterocycles. The van der Waals surface area contributed by atoms with Crippen molar-refractivity contribution < 1.29 is 4.74 Å². The van der Waals surface area contributed by atoms with Gasteiger partial charge in [0.25, 0.3) is 0 Å². The van der Waals surface area contributed by atoms with E-state index in [1.54, 1.807) is 0 Å². The van der Waals surface area contributed by atoms with Gasteiger partial charge in [0.05, 0.1) is 6.61 Å². The summed E-state index contributed by atoms with van der Waals surface area (Å²) >= 11 is 0. The SMILES string of the molecule is CCOCCn1ccc2ccc(CNC(C)C)cc21. The fourth-order valence-corrected chi connectivity index (χ4v) is 2.16. The van der Waals surface area contributed by atoms with E-state index in [1.807, 2.05) is 6.92 Å². The molecular weight excluding hydrogens is 236 g/mol. The maximum absolute atomic E-state index is 5.43. The molecule has 0 aliphatic carbocycles. The quantitative estimate of drug-likeness (QED) is 0.774. The van der Waals surface area contributed by atoms with Gasteiger partial charge in [-0.25, -0.2) is 0 Å². The summed E-state index contributed by atoms with van der Waals surface area (Å²) in [5.74, 6) is 0. The van der Waals surface area contributed by atoms with Crippen molar-refractivity contribution in [3.63, 3.8) is 0 Å². The van der Waals surface area contributed by atoms with Crippen molar-refractivity contribution in [2.45, 2.75) is 39.9 Å². The number of aromatic nitrogens is 1. The summed E-state index contributed by atoms with van der Waals surface area (Å²) in [5.41, 5.74) is 2.63. The van der Waals surface area contributed by atoms with Gasteiger partial charge < -0.3 is 14.6 Å². The zero-order valence-corrected chi connectivity index (χ0v) is 12.1. The first-order valence-corrected chi connectivity index (χ1v) is 7.09. The van der Waals surface area contributed by atoms with Crippen LogP contribution in [-0.2, 0) is 17.8 Å². The summed E-state index contributed by atoms with van der Waals surface area (Å²) < 4.78 is 7.70. The molecule has 1 aromatic heterocycles. The second-order valence-corrected chi connectivity index (χ2v) is 5.13. The predicted octanol–water partition coefficient (Wildman–Crippen LogP) is 3.18. The van der Waals surface area contributed by atoms with Crippen LogP contribution in [0.2, 0.25) is 0 Å². The molecule has 0 saturated heterocycles. The van der Waals surface area contributed by atoms with Crippen LogP contribution in [0.1, 0.15) is 26.3 Å². The van der Waals surface area contributed by atoms with Gasteiger partial charge in [-0.3, -0.25) is 0 Å².